The number of ether oxygens (including phenoxy) is 3. The maximum absolute atomic E-state index is 9.72. The number of aliphatic hydroxyl groups excluding tert-OH is 1. The lowest BCUT2D eigenvalue weighted by Gasteiger charge is -2.12. The van der Waals surface area contributed by atoms with Crippen molar-refractivity contribution >= 4 is 0 Å². The molecule has 0 heterocycles. The average Bonchev–Trinajstić information content (AvgIpc) is 2.48. The average molecular weight is 283 g/mol. The highest BCUT2D eigenvalue weighted by atomic mass is 16.5. The molecule has 5 heteroatoms. The summed E-state index contributed by atoms with van der Waals surface area (Å²) < 4.78 is 15.5. The Bertz CT molecular complexity index is 342. The SMILES string of the molecule is CCOCCOCC(O)CNCc1ccc(OC)cc1. The zero-order valence-electron chi connectivity index (χ0n) is 12.3. The van der Waals surface area contributed by atoms with Gasteiger partial charge in [0.1, 0.15) is 5.75 Å². The summed E-state index contributed by atoms with van der Waals surface area (Å²) in [5, 5.41) is 12.9. The van der Waals surface area contributed by atoms with E-state index in [1.54, 1.807) is 7.11 Å². The van der Waals surface area contributed by atoms with E-state index in [0.717, 1.165) is 11.3 Å². The largest absolute Gasteiger partial charge is 0.497 e. The molecule has 0 aliphatic heterocycles. The van der Waals surface area contributed by atoms with E-state index in [2.05, 4.69) is 5.32 Å². The second kappa shape index (κ2) is 10.6. The predicted octanol–water partition coefficient (Wildman–Crippen LogP) is 1.20. The molecule has 0 bridgehead atoms. The Morgan fingerprint density at radius 1 is 1.15 bits per heavy atom. The van der Waals surface area contributed by atoms with Crippen molar-refractivity contribution in [3.63, 3.8) is 0 Å². The first-order chi connectivity index (χ1) is 9.76. The van der Waals surface area contributed by atoms with Gasteiger partial charge in [-0.15, -0.1) is 0 Å². The highest BCUT2D eigenvalue weighted by molar-refractivity contribution is 5.26. The first-order valence-electron chi connectivity index (χ1n) is 6.93. The van der Waals surface area contributed by atoms with Crippen molar-refractivity contribution in [1.82, 2.24) is 5.32 Å². The van der Waals surface area contributed by atoms with Crippen LogP contribution in [0.5, 0.6) is 5.75 Å². The van der Waals surface area contributed by atoms with E-state index < -0.39 is 6.10 Å². The Morgan fingerprint density at radius 2 is 1.85 bits per heavy atom. The van der Waals surface area contributed by atoms with Crippen LogP contribution in [0.15, 0.2) is 24.3 Å². The van der Waals surface area contributed by atoms with Crippen molar-refractivity contribution < 1.29 is 19.3 Å². The molecule has 1 atom stereocenters. The van der Waals surface area contributed by atoms with Crippen molar-refractivity contribution in [3.05, 3.63) is 29.8 Å². The van der Waals surface area contributed by atoms with Crippen LogP contribution in [-0.4, -0.2) is 51.3 Å². The standard InChI is InChI=1S/C15H25NO4/c1-3-19-8-9-20-12-14(17)11-16-10-13-4-6-15(18-2)7-5-13/h4-7,14,16-17H,3,8-12H2,1-2H3. The van der Waals surface area contributed by atoms with Gasteiger partial charge in [-0.25, -0.2) is 0 Å². The molecule has 20 heavy (non-hydrogen) atoms. The van der Waals surface area contributed by atoms with Crippen molar-refractivity contribution in [2.45, 2.75) is 19.6 Å². The minimum absolute atomic E-state index is 0.322. The normalized spacial score (nSPS) is 12.3. The van der Waals surface area contributed by atoms with Crippen LogP contribution in [0, 0.1) is 0 Å². The molecule has 2 N–H and O–H groups in total. The number of methoxy groups -OCH3 is 1. The van der Waals surface area contributed by atoms with Gasteiger partial charge < -0.3 is 24.6 Å². The van der Waals surface area contributed by atoms with Crippen LogP contribution >= 0.6 is 0 Å². The Labute approximate surface area is 120 Å². The molecular weight excluding hydrogens is 258 g/mol. The van der Waals surface area contributed by atoms with Gasteiger partial charge in [0.05, 0.1) is 33.0 Å². The number of nitrogens with one attached hydrogen (secondary N) is 1. The van der Waals surface area contributed by atoms with Crippen LogP contribution in [0.2, 0.25) is 0 Å². The van der Waals surface area contributed by atoms with Crippen LogP contribution in [0.25, 0.3) is 0 Å². The summed E-state index contributed by atoms with van der Waals surface area (Å²) in [5.74, 6) is 0.844. The Kier molecular flexibility index (Phi) is 8.98. The molecule has 0 amide bonds. The third-order valence-corrected chi connectivity index (χ3v) is 2.75. The highest BCUT2D eigenvalue weighted by Crippen LogP contribution is 2.10. The minimum atomic E-state index is -0.505. The van der Waals surface area contributed by atoms with Gasteiger partial charge in [-0.1, -0.05) is 12.1 Å². The quantitative estimate of drug-likeness (QED) is 0.598. The molecule has 0 radical (unpaired) electrons. The van der Waals surface area contributed by atoms with Crippen LogP contribution in [0.4, 0.5) is 0 Å². The lowest BCUT2D eigenvalue weighted by atomic mass is 10.2. The first kappa shape index (κ1) is 16.9. The number of rotatable bonds is 11. The fourth-order valence-corrected chi connectivity index (χ4v) is 1.67. The van der Waals surface area contributed by atoms with Crippen LogP contribution in [0.1, 0.15) is 12.5 Å². The summed E-state index contributed by atoms with van der Waals surface area (Å²) in [6.45, 7) is 5.25. The van der Waals surface area contributed by atoms with Gasteiger partial charge in [-0.3, -0.25) is 0 Å². The molecule has 0 fully saturated rings. The van der Waals surface area contributed by atoms with E-state index in [0.29, 0.717) is 39.5 Å². The molecule has 0 aliphatic rings. The van der Waals surface area contributed by atoms with Gasteiger partial charge in [0.25, 0.3) is 0 Å². The molecule has 0 aromatic heterocycles. The lowest BCUT2D eigenvalue weighted by molar-refractivity contribution is 0.00642. The summed E-state index contributed by atoms with van der Waals surface area (Å²) >= 11 is 0. The molecule has 1 aromatic carbocycles. The zero-order valence-corrected chi connectivity index (χ0v) is 12.3. The monoisotopic (exact) mass is 283 g/mol. The maximum atomic E-state index is 9.72. The molecule has 0 saturated carbocycles. The molecule has 5 nitrogen and oxygen atoms in total. The summed E-state index contributed by atoms with van der Waals surface area (Å²) in [7, 11) is 1.65. The molecule has 1 aromatic rings. The zero-order chi connectivity index (χ0) is 14.6. The van der Waals surface area contributed by atoms with E-state index in [1.807, 2.05) is 31.2 Å². The van der Waals surface area contributed by atoms with E-state index in [-0.39, 0.29) is 0 Å². The van der Waals surface area contributed by atoms with Crippen molar-refractivity contribution in [2.75, 3.05) is 40.1 Å². The van der Waals surface area contributed by atoms with Crippen LogP contribution in [-0.2, 0) is 16.0 Å². The lowest BCUT2D eigenvalue weighted by Crippen LogP contribution is -2.30. The molecule has 0 spiro atoms. The van der Waals surface area contributed by atoms with E-state index in [4.69, 9.17) is 14.2 Å². The summed E-state index contributed by atoms with van der Waals surface area (Å²) in [5.41, 5.74) is 1.15. The van der Waals surface area contributed by atoms with Crippen molar-refractivity contribution in [2.24, 2.45) is 0 Å². The second-order valence-corrected chi connectivity index (χ2v) is 4.40. The third-order valence-electron chi connectivity index (χ3n) is 2.75. The number of hydrogen-bond donors (Lipinski definition) is 2. The van der Waals surface area contributed by atoms with Crippen molar-refractivity contribution in [1.29, 1.82) is 0 Å². The Morgan fingerprint density at radius 3 is 2.50 bits per heavy atom. The van der Waals surface area contributed by atoms with E-state index in [1.165, 1.54) is 0 Å². The topological polar surface area (TPSA) is 60.0 Å². The van der Waals surface area contributed by atoms with Crippen LogP contribution < -0.4 is 10.1 Å². The molecule has 114 valence electrons. The van der Waals surface area contributed by atoms with E-state index in [9.17, 15) is 5.11 Å². The fraction of sp³-hybridized carbons (Fsp3) is 0.600. The third kappa shape index (κ3) is 7.45. The molecule has 1 rings (SSSR count). The predicted molar refractivity (Wildman–Crippen MR) is 78.0 cm³/mol. The van der Waals surface area contributed by atoms with Gasteiger partial charge in [0.15, 0.2) is 0 Å². The Hall–Kier alpha value is -1.14. The Balaban J connectivity index is 2.07. The van der Waals surface area contributed by atoms with Gasteiger partial charge in [-0.2, -0.15) is 0 Å². The fourth-order valence-electron chi connectivity index (χ4n) is 1.67. The molecular formula is C15H25NO4. The van der Waals surface area contributed by atoms with E-state index >= 15 is 0 Å². The van der Waals surface area contributed by atoms with Crippen molar-refractivity contribution in [3.8, 4) is 5.75 Å². The molecule has 0 aliphatic carbocycles. The second-order valence-electron chi connectivity index (χ2n) is 4.40. The van der Waals surface area contributed by atoms with Crippen LogP contribution in [0.3, 0.4) is 0 Å². The smallest absolute Gasteiger partial charge is 0.118 e. The minimum Gasteiger partial charge on any atom is -0.497 e. The van der Waals surface area contributed by atoms with Gasteiger partial charge >= 0.3 is 0 Å². The molecule has 0 saturated heterocycles. The summed E-state index contributed by atoms with van der Waals surface area (Å²) in [4.78, 5) is 0. The van der Waals surface area contributed by atoms with Gasteiger partial charge in [0, 0.05) is 19.7 Å². The number of aliphatic hydroxyl groups is 1. The van der Waals surface area contributed by atoms with Gasteiger partial charge in [-0.05, 0) is 24.6 Å². The molecule has 1 unspecified atom stereocenters. The number of benzene rings is 1. The number of hydrogen-bond acceptors (Lipinski definition) is 5. The van der Waals surface area contributed by atoms with Gasteiger partial charge in [0.2, 0.25) is 0 Å². The first-order valence-corrected chi connectivity index (χ1v) is 6.93. The highest BCUT2D eigenvalue weighted by Gasteiger charge is 2.03. The maximum Gasteiger partial charge on any atom is 0.118 e. The summed E-state index contributed by atoms with van der Waals surface area (Å²) in [6.07, 6.45) is -0.505. The summed E-state index contributed by atoms with van der Waals surface area (Å²) in [6, 6.07) is 7.84.